The van der Waals surface area contributed by atoms with E-state index < -0.39 is 18.8 Å². The normalized spacial score (nSPS) is 13.6. The molecule has 2 rings (SSSR count). The first-order valence-corrected chi connectivity index (χ1v) is 6.02. The minimum Gasteiger partial charge on any atom is -0.382 e. The quantitative estimate of drug-likeness (QED) is 0.902. The third-order valence-electron chi connectivity index (χ3n) is 2.66. The van der Waals surface area contributed by atoms with E-state index in [9.17, 15) is 13.2 Å². The van der Waals surface area contributed by atoms with Gasteiger partial charge in [-0.2, -0.15) is 18.2 Å². The molecule has 0 amide bonds. The summed E-state index contributed by atoms with van der Waals surface area (Å²) in [5, 5.41) is 12.7. The van der Waals surface area contributed by atoms with Crippen molar-refractivity contribution in [2.75, 3.05) is 13.6 Å². The Bertz CT molecular complexity index is 573. The maximum Gasteiger partial charge on any atom is 0.415 e. The van der Waals surface area contributed by atoms with Gasteiger partial charge < -0.3 is 9.63 Å². The number of likely N-dealkylation sites (N-methyl/N-ethyl adjacent to an activating group) is 1. The molecule has 0 aliphatic heterocycles. The van der Waals surface area contributed by atoms with Crippen LogP contribution in [0.1, 0.15) is 5.89 Å². The van der Waals surface area contributed by atoms with Crippen LogP contribution in [0.2, 0.25) is 0 Å². The summed E-state index contributed by atoms with van der Waals surface area (Å²) in [7, 11) is 1.42. The Balaban J connectivity index is 1.97. The summed E-state index contributed by atoms with van der Waals surface area (Å²) in [4.78, 5) is 9.22. The van der Waals surface area contributed by atoms with Crippen molar-refractivity contribution in [1.82, 2.24) is 20.0 Å². The molecular formula is C12H13F3N4O2. The second-order valence-corrected chi connectivity index (χ2v) is 4.51. The van der Waals surface area contributed by atoms with Gasteiger partial charge in [0.15, 0.2) is 6.10 Å². The number of nitrogens with zero attached hydrogens (tertiary/aromatic N) is 4. The predicted molar refractivity (Wildman–Crippen MR) is 65.9 cm³/mol. The van der Waals surface area contributed by atoms with Gasteiger partial charge in [0.1, 0.15) is 0 Å². The lowest BCUT2D eigenvalue weighted by molar-refractivity contribution is -0.207. The van der Waals surface area contributed by atoms with Gasteiger partial charge in [0, 0.05) is 24.5 Å². The maximum absolute atomic E-state index is 12.2. The summed E-state index contributed by atoms with van der Waals surface area (Å²) in [5.74, 6) is 0.466. The van der Waals surface area contributed by atoms with E-state index in [1.54, 1.807) is 24.5 Å². The van der Waals surface area contributed by atoms with E-state index in [0.717, 1.165) is 0 Å². The van der Waals surface area contributed by atoms with Gasteiger partial charge in [-0.1, -0.05) is 5.16 Å². The summed E-state index contributed by atoms with van der Waals surface area (Å²) in [6, 6.07) is 3.44. The molecule has 0 aliphatic carbocycles. The van der Waals surface area contributed by atoms with Crippen molar-refractivity contribution in [2.45, 2.75) is 18.8 Å². The number of alkyl halides is 3. The lowest BCUT2D eigenvalue weighted by Crippen LogP contribution is -2.39. The number of halogens is 3. The Morgan fingerprint density at radius 1 is 1.43 bits per heavy atom. The van der Waals surface area contributed by atoms with E-state index in [1.807, 2.05) is 0 Å². The molecule has 0 spiro atoms. The standard InChI is InChI=1S/C12H13F3N4O2/c1-19(6-9(20)12(13,14)15)7-10-17-11(18-21-10)8-3-2-4-16-5-8/h2-5,9,20H,6-7H2,1H3. The highest BCUT2D eigenvalue weighted by Crippen LogP contribution is 2.21. The van der Waals surface area contributed by atoms with Gasteiger partial charge in [0.2, 0.25) is 11.7 Å². The van der Waals surface area contributed by atoms with Crippen LogP contribution in [0.4, 0.5) is 13.2 Å². The second-order valence-electron chi connectivity index (χ2n) is 4.51. The molecule has 0 radical (unpaired) electrons. The monoisotopic (exact) mass is 302 g/mol. The average Bonchev–Trinajstić information content (AvgIpc) is 2.87. The molecule has 6 nitrogen and oxygen atoms in total. The predicted octanol–water partition coefficient (Wildman–Crippen LogP) is 1.49. The topological polar surface area (TPSA) is 75.3 Å². The number of aromatic nitrogens is 3. The Labute approximate surface area is 118 Å². The molecule has 0 fully saturated rings. The molecule has 9 heteroatoms. The van der Waals surface area contributed by atoms with Gasteiger partial charge in [0.25, 0.3) is 0 Å². The molecule has 0 aromatic carbocycles. The fraction of sp³-hybridized carbons (Fsp3) is 0.417. The van der Waals surface area contributed by atoms with Gasteiger partial charge in [0.05, 0.1) is 6.54 Å². The van der Waals surface area contributed by atoms with Crippen molar-refractivity contribution in [2.24, 2.45) is 0 Å². The van der Waals surface area contributed by atoms with Crippen molar-refractivity contribution < 1.29 is 22.8 Å². The lowest BCUT2D eigenvalue weighted by atomic mass is 10.3. The Morgan fingerprint density at radius 3 is 2.81 bits per heavy atom. The highest BCUT2D eigenvalue weighted by molar-refractivity contribution is 5.51. The summed E-state index contributed by atoms with van der Waals surface area (Å²) < 4.78 is 41.7. The molecule has 114 valence electrons. The Morgan fingerprint density at radius 2 is 2.19 bits per heavy atom. The second kappa shape index (κ2) is 6.19. The zero-order valence-corrected chi connectivity index (χ0v) is 11.1. The fourth-order valence-corrected chi connectivity index (χ4v) is 1.63. The first-order valence-electron chi connectivity index (χ1n) is 6.02. The molecule has 1 atom stereocenters. The van der Waals surface area contributed by atoms with E-state index in [4.69, 9.17) is 9.63 Å². The van der Waals surface area contributed by atoms with Gasteiger partial charge >= 0.3 is 6.18 Å². The third kappa shape index (κ3) is 4.23. The molecule has 0 bridgehead atoms. The van der Waals surface area contributed by atoms with Crippen molar-refractivity contribution >= 4 is 0 Å². The van der Waals surface area contributed by atoms with Crippen LogP contribution in [0.5, 0.6) is 0 Å². The first-order chi connectivity index (χ1) is 9.86. The lowest BCUT2D eigenvalue weighted by Gasteiger charge is -2.20. The van der Waals surface area contributed by atoms with Crippen molar-refractivity contribution in [1.29, 1.82) is 0 Å². The van der Waals surface area contributed by atoms with Crippen LogP contribution in [-0.4, -0.2) is 51.0 Å². The zero-order chi connectivity index (χ0) is 15.5. The van der Waals surface area contributed by atoms with Crippen molar-refractivity contribution in [3.8, 4) is 11.4 Å². The molecule has 21 heavy (non-hydrogen) atoms. The highest BCUT2D eigenvalue weighted by atomic mass is 19.4. The number of hydrogen-bond acceptors (Lipinski definition) is 6. The zero-order valence-electron chi connectivity index (χ0n) is 11.1. The Kier molecular flexibility index (Phi) is 4.53. The third-order valence-corrected chi connectivity index (χ3v) is 2.66. The van der Waals surface area contributed by atoms with Crippen molar-refractivity contribution in [3.63, 3.8) is 0 Å². The maximum atomic E-state index is 12.2. The van der Waals surface area contributed by atoms with E-state index in [1.165, 1.54) is 11.9 Å². The van der Waals surface area contributed by atoms with Gasteiger partial charge in [-0.25, -0.2) is 0 Å². The van der Waals surface area contributed by atoms with Crippen LogP contribution >= 0.6 is 0 Å². The molecular weight excluding hydrogens is 289 g/mol. The minimum absolute atomic E-state index is 0.000399. The molecule has 1 N–H and O–H groups in total. The number of rotatable bonds is 5. The van der Waals surface area contributed by atoms with Crippen LogP contribution in [-0.2, 0) is 6.54 Å². The molecule has 2 aromatic heterocycles. The molecule has 2 aromatic rings. The SMILES string of the molecule is CN(Cc1nc(-c2cccnc2)no1)CC(O)C(F)(F)F. The van der Waals surface area contributed by atoms with Gasteiger partial charge in [-0.05, 0) is 19.2 Å². The number of pyridine rings is 1. The number of aliphatic hydroxyl groups excluding tert-OH is 1. The highest BCUT2D eigenvalue weighted by Gasteiger charge is 2.38. The van der Waals surface area contributed by atoms with E-state index in [-0.39, 0.29) is 12.4 Å². The molecule has 0 saturated heterocycles. The van der Waals surface area contributed by atoms with E-state index >= 15 is 0 Å². The van der Waals surface area contributed by atoms with Crippen LogP contribution in [0, 0.1) is 0 Å². The van der Waals surface area contributed by atoms with E-state index in [2.05, 4.69) is 15.1 Å². The number of hydrogen-bond donors (Lipinski definition) is 1. The van der Waals surface area contributed by atoms with Gasteiger partial charge in [-0.15, -0.1) is 0 Å². The molecule has 2 heterocycles. The summed E-state index contributed by atoms with van der Waals surface area (Å²) in [6.45, 7) is -0.575. The summed E-state index contributed by atoms with van der Waals surface area (Å²) in [6.07, 6.45) is -3.92. The molecule has 1 unspecified atom stereocenters. The number of aliphatic hydroxyl groups is 1. The minimum atomic E-state index is -4.65. The largest absolute Gasteiger partial charge is 0.415 e. The fourth-order valence-electron chi connectivity index (χ4n) is 1.63. The first kappa shape index (κ1) is 15.4. The van der Waals surface area contributed by atoms with Crippen LogP contribution in [0.3, 0.4) is 0 Å². The van der Waals surface area contributed by atoms with Crippen molar-refractivity contribution in [3.05, 3.63) is 30.4 Å². The molecule has 0 aliphatic rings. The smallest absolute Gasteiger partial charge is 0.382 e. The average molecular weight is 302 g/mol. The molecule has 0 saturated carbocycles. The Hall–Kier alpha value is -2.00. The van der Waals surface area contributed by atoms with Crippen LogP contribution < -0.4 is 0 Å². The van der Waals surface area contributed by atoms with Crippen LogP contribution in [0.15, 0.2) is 29.0 Å². The summed E-state index contributed by atoms with van der Waals surface area (Å²) >= 11 is 0. The summed E-state index contributed by atoms with van der Waals surface area (Å²) in [5.41, 5.74) is 0.644. The van der Waals surface area contributed by atoms with E-state index in [0.29, 0.717) is 11.4 Å². The van der Waals surface area contributed by atoms with Gasteiger partial charge in [-0.3, -0.25) is 9.88 Å². The van der Waals surface area contributed by atoms with Crippen LogP contribution in [0.25, 0.3) is 11.4 Å².